The van der Waals surface area contributed by atoms with Gasteiger partial charge in [-0.05, 0) is 62.9 Å². The summed E-state index contributed by atoms with van der Waals surface area (Å²) in [5.41, 5.74) is 4.03. The number of aryl methyl sites for hydroxylation is 3. The largest absolute Gasteiger partial charge is 0.352 e. The van der Waals surface area contributed by atoms with Crippen molar-refractivity contribution < 1.29 is 4.79 Å². The lowest BCUT2D eigenvalue weighted by atomic mass is 10.1. The second-order valence-electron chi connectivity index (χ2n) is 7.84. The minimum Gasteiger partial charge on any atom is -0.352 e. The summed E-state index contributed by atoms with van der Waals surface area (Å²) in [6, 6.07) is 16.4. The number of fused-ring (bicyclic) bond motifs is 1. The number of aromatic nitrogens is 4. The van der Waals surface area contributed by atoms with E-state index >= 15 is 0 Å². The van der Waals surface area contributed by atoms with Crippen LogP contribution in [0.25, 0.3) is 16.9 Å². The Kier molecular flexibility index (Phi) is 5.65. The number of hydrogen-bond donors (Lipinski definition) is 1. The average Bonchev–Trinajstić information content (AvgIpc) is 3.36. The molecule has 4 aromatic rings. The highest BCUT2D eigenvalue weighted by Gasteiger charge is 2.18. The van der Waals surface area contributed by atoms with Gasteiger partial charge >= 0.3 is 0 Å². The Morgan fingerprint density at radius 3 is 2.57 bits per heavy atom. The number of benzene rings is 1. The van der Waals surface area contributed by atoms with Crippen LogP contribution in [0.15, 0.2) is 60.9 Å². The number of pyridine rings is 1. The quantitative estimate of drug-likeness (QED) is 0.509. The van der Waals surface area contributed by atoms with E-state index in [1.165, 1.54) is 5.56 Å². The van der Waals surface area contributed by atoms with Gasteiger partial charge in [0.05, 0.1) is 5.39 Å². The van der Waals surface area contributed by atoms with Crippen LogP contribution in [0.3, 0.4) is 0 Å². The molecule has 1 N–H and O–H groups in total. The Morgan fingerprint density at radius 2 is 1.83 bits per heavy atom. The molecule has 154 valence electrons. The van der Waals surface area contributed by atoms with E-state index in [0.29, 0.717) is 0 Å². The highest BCUT2D eigenvalue weighted by atomic mass is 16.2. The zero-order chi connectivity index (χ0) is 21.1. The number of carbonyl (C=O) groups excluding carboxylic acids is 1. The molecular weight excluding hydrogens is 374 g/mol. The van der Waals surface area contributed by atoms with Crippen LogP contribution in [0.2, 0.25) is 0 Å². The monoisotopic (exact) mass is 401 g/mol. The molecule has 0 fully saturated rings. The Labute approximate surface area is 176 Å². The van der Waals surface area contributed by atoms with Crippen molar-refractivity contribution in [2.45, 2.75) is 46.2 Å². The van der Waals surface area contributed by atoms with Crippen LogP contribution >= 0.6 is 0 Å². The van der Waals surface area contributed by atoms with Gasteiger partial charge < -0.3 is 9.88 Å². The lowest BCUT2D eigenvalue weighted by Gasteiger charge is -2.14. The summed E-state index contributed by atoms with van der Waals surface area (Å²) < 4.78 is 3.67. The van der Waals surface area contributed by atoms with E-state index in [-0.39, 0.29) is 18.5 Å². The van der Waals surface area contributed by atoms with Crippen molar-refractivity contribution in [1.82, 2.24) is 24.6 Å². The van der Waals surface area contributed by atoms with Gasteiger partial charge in [-0.3, -0.25) is 4.79 Å². The van der Waals surface area contributed by atoms with Gasteiger partial charge in [-0.2, -0.15) is 5.10 Å². The second kappa shape index (κ2) is 8.53. The Balaban J connectivity index is 1.51. The van der Waals surface area contributed by atoms with Gasteiger partial charge in [0, 0.05) is 24.1 Å². The standard InChI is InChI=1S/C24H27N5O/c1-17-15-19(3)26-23-22(17)24(28-13-7-8-14-28)27-29(23)16-21(30)25-18(2)11-12-20-9-5-4-6-10-20/h4-10,13-15,18H,11-12,16H2,1-3H3,(H,25,30)/t18-/m0/s1. The third-order valence-electron chi connectivity index (χ3n) is 5.27. The van der Waals surface area contributed by atoms with Crippen LogP contribution in [-0.2, 0) is 17.8 Å². The number of nitrogens with zero attached hydrogens (tertiary/aromatic N) is 4. The molecule has 0 aliphatic carbocycles. The fraction of sp³-hybridized carbons (Fsp3) is 0.292. The van der Waals surface area contributed by atoms with Crippen LogP contribution in [-0.4, -0.2) is 31.3 Å². The summed E-state index contributed by atoms with van der Waals surface area (Å²) in [4.78, 5) is 17.4. The fourth-order valence-corrected chi connectivity index (χ4v) is 3.82. The van der Waals surface area contributed by atoms with Crippen molar-refractivity contribution in [3.8, 4) is 5.82 Å². The van der Waals surface area contributed by atoms with E-state index in [1.807, 2.05) is 67.2 Å². The molecule has 3 aromatic heterocycles. The third kappa shape index (κ3) is 4.27. The van der Waals surface area contributed by atoms with E-state index in [2.05, 4.69) is 29.4 Å². The van der Waals surface area contributed by atoms with Gasteiger partial charge in [0.1, 0.15) is 6.54 Å². The molecule has 0 saturated carbocycles. The molecule has 0 aliphatic rings. The summed E-state index contributed by atoms with van der Waals surface area (Å²) in [5.74, 6) is 0.741. The molecule has 0 radical (unpaired) electrons. The van der Waals surface area contributed by atoms with Crippen LogP contribution in [0.4, 0.5) is 0 Å². The summed E-state index contributed by atoms with van der Waals surface area (Å²) >= 11 is 0. The molecule has 6 heteroatoms. The number of carbonyl (C=O) groups is 1. The fourth-order valence-electron chi connectivity index (χ4n) is 3.82. The van der Waals surface area contributed by atoms with Crippen LogP contribution in [0, 0.1) is 13.8 Å². The molecule has 6 nitrogen and oxygen atoms in total. The average molecular weight is 402 g/mol. The van der Waals surface area contributed by atoms with Crippen molar-refractivity contribution >= 4 is 16.9 Å². The van der Waals surface area contributed by atoms with Crippen molar-refractivity contribution in [1.29, 1.82) is 0 Å². The molecule has 1 atom stereocenters. The predicted molar refractivity (Wildman–Crippen MR) is 119 cm³/mol. The van der Waals surface area contributed by atoms with E-state index in [4.69, 9.17) is 5.10 Å². The second-order valence-corrected chi connectivity index (χ2v) is 7.84. The number of hydrogen-bond acceptors (Lipinski definition) is 3. The van der Waals surface area contributed by atoms with Crippen molar-refractivity contribution in [2.75, 3.05) is 0 Å². The van der Waals surface area contributed by atoms with Crippen LogP contribution in [0.1, 0.15) is 30.2 Å². The predicted octanol–water partition coefficient (Wildman–Crippen LogP) is 3.98. The first-order chi connectivity index (χ1) is 14.5. The molecule has 0 unspecified atom stereocenters. The highest BCUT2D eigenvalue weighted by molar-refractivity contribution is 5.88. The van der Waals surface area contributed by atoms with Crippen LogP contribution in [0.5, 0.6) is 0 Å². The Hall–Kier alpha value is -3.41. The number of rotatable bonds is 7. The Morgan fingerprint density at radius 1 is 1.10 bits per heavy atom. The van der Waals surface area contributed by atoms with Gasteiger partial charge in [-0.15, -0.1) is 0 Å². The molecule has 0 aliphatic heterocycles. The first kappa shape index (κ1) is 19.9. The van der Waals surface area contributed by atoms with E-state index in [9.17, 15) is 4.79 Å². The van der Waals surface area contributed by atoms with Crippen molar-refractivity contribution in [3.05, 3.63) is 77.7 Å². The molecule has 3 heterocycles. The molecule has 1 aromatic carbocycles. The first-order valence-corrected chi connectivity index (χ1v) is 10.3. The third-order valence-corrected chi connectivity index (χ3v) is 5.27. The maximum Gasteiger partial charge on any atom is 0.242 e. The van der Waals surface area contributed by atoms with E-state index < -0.39 is 0 Å². The van der Waals surface area contributed by atoms with E-state index in [1.54, 1.807) is 4.68 Å². The number of amides is 1. The van der Waals surface area contributed by atoms with Gasteiger partial charge in [0.25, 0.3) is 0 Å². The first-order valence-electron chi connectivity index (χ1n) is 10.3. The molecule has 4 rings (SSSR count). The lowest BCUT2D eigenvalue weighted by molar-refractivity contribution is -0.122. The van der Waals surface area contributed by atoms with Crippen molar-refractivity contribution in [2.24, 2.45) is 0 Å². The maximum absolute atomic E-state index is 12.7. The topological polar surface area (TPSA) is 64.7 Å². The van der Waals surface area contributed by atoms with E-state index in [0.717, 1.165) is 41.0 Å². The lowest BCUT2D eigenvalue weighted by Crippen LogP contribution is -2.35. The Bertz CT molecular complexity index is 1150. The van der Waals surface area contributed by atoms with Crippen LogP contribution < -0.4 is 5.32 Å². The SMILES string of the molecule is Cc1cc(C)c2c(-n3cccc3)nn(CC(=O)N[C@@H](C)CCc3ccccc3)c2n1. The van der Waals surface area contributed by atoms with Gasteiger partial charge in [0.15, 0.2) is 11.5 Å². The minimum atomic E-state index is -0.0556. The van der Waals surface area contributed by atoms with Gasteiger partial charge in [0.2, 0.25) is 5.91 Å². The molecule has 0 spiro atoms. The normalized spacial score (nSPS) is 12.2. The maximum atomic E-state index is 12.7. The summed E-state index contributed by atoms with van der Waals surface area (Å²) in [6.07, 6.45) is 5.74. The smallest absolute Gasteiger partial charge is 0.242 e. The summed E-state index contributed by atoms with van der Waals surface area (Å²) in [7, 11) is 0. The molecule has 1 amide bonds. The molecule has 30 heavy (non-hydrogen) atoms. The molecular formula is C24H27N5O. The van der Waals surface area contributed by atoms with Crippen molar-refractivity contribution in [3.63, 3.8) is 0 Å². The zero-order valence-electron chi connectivity index (χ0n) is 17.7. The molecule has 0 bridgehead atoms. The summed E-state index contributed by atoms with van der Waals surface area (Å²) in [5, 5.41) is 8.81. The van der Waals surface area contributed by atoms with Gasteiger partial charge in [-0.25, -0.2) is 9.67 Å². The zero-order valence-corrected chi connectivity index (χ0v) is 17.7. The van der Waals surface area contributed by atoms with Gasteiger partial charge in [-0.1, -0.05) is 30.3 Å². The summed E-state index contributed by atoms with van der Waals surface area (Å²) in [6.45, 7) is 6.20. The minimum absolute atomic E-state index is 0.0556. The molecule has 0 saturated heterocycles. The highest BCUT2D eigenvalue weighted by Crippen LogP contribution is 2.25. The number of nitrogens with one attached hydrogen (secondary N) is 1.